The second-order valence-corrected chi connectivity index (χ2v) is 6.02. The molecule has 0 saturated heterocycles. The summed E-state index contributed by atoms with van der Waals surface area (Å²) < 4.78 is 5.50. The van der Waals surface area contributed by atoms with E-state index >= 15 is 0 Å². The molecule has 1 heterocycles. The van der Waals surface area contributed by atoms with Crippen molar-refractivity contribution >= 4 is 22.1 Å². The molecule has 0 fully saturated rings. The van der Waals surface area contributed by atoms with E-state index in [2.05, 4.69) is 18.2 Å². The fraction of sp³-hybridized carbons (Fsp3) is 0.222. The Morgan fingerprint density at radius 2 is 1.95 bits per heavy atom. The molecule has 1 aromatic heterocycles. The van der Waals surface area contributed by atoms with Gasteiger partial charge in [0.2, 0.25) is 0 Å². The Morgan fingerprint density at radius 3 is 2.71 bits per heavy atom. The van der Waals surface area contributed by atoms with E-state index in [1.165, 1.54) is 16.3 Å². The van der Waals surface area contributed by atoms with Crippen LogP contribution in [0, 0.1) is 0 Å². The zero-order valence-electron chi connectivity index (χ0n) is 12.0. The van der Waals surface area contributed by atoms with Crippen LogP contribution in [0.25, 0.3) is 10.8 Å². The van der Waals surface area contributed by atoms with Gasteiger partial charge in [0.05, 0.1) is 13.2 Å². The fourth-order valence-corrected chi connectivity index (χ4v) is 3.42. The molecular weight excluding hydrogens is 280 g/mol. The summed E-state index contributed by atoms with van der Waals surface area (Å²) in [5, 5.41) is 14.7. The van der Waals surface area contributed by atoms with Crippen LogP contribution in [-0.2, 0) is 6.42 Å². The van der Waals surface area contributed by atoms with Crippen LogP contribution in [0.5, 0.6) is 5.75 Å². The van der Waals surface area contributed by atoms with Crippen molar-refractivity contribution in [1.82, 2.24) is 0 Å². The number of benzene rings is 2. The summed E-state index contributed by atoms with van der Waals surface area (Å²) in [4.78, 5) is 1.02. The van der Waals surface area contributed by atoms with Crippen molar-refractivity contribution in [3.63, 3.8) is 0 Å². The number of methoxy groups -OCH3 is 1. The second-order valence-electron chi connectivity index (χ2n) is 5.04. The van der Waals surface area contributed by atoms with Crippen molar-refractivity contribution in [2.45, 2.75) is 18.9 Å². The largest absolute Gasteiger partial charge is 0.496 e. The first kappa shape index (κ1) is 14.1. The third-order valence-electron chi connectivity index (χ3n) is 3.76. The molecule has 1 atom stereocenters. The van der Waals surface area contributed by atoms with Gasteiger partial charge >= 0.3 is 0 Å². The SMILES string of the molecule is COc1ccc2ccccc2c1CCC(O)c1cccs1. The minimum absolute atomic E-state index is 0.409. The molecular formula is C18H18O2S. The summed E-state index contributed by atoms with van der Waals surface area (Å²) in [6.45, 7) is 0. The van der Waals surface area contributed by atoms with Crippen LogP contribution >= 0.6 is 11.3 Å². The van der Waals surface area contributed by atoms with Gasteiger partial charge in [-0.2, -0.15) is 0 Å². The van der Waals surface area contributed by atoms with Crippen molar-refractivity contribution in [3.8, 4) is 5.75 Å². The molecule has 0 spiro atoms. The van der Waals surface area contributed by atoms with Crippen LogP contribution in [0.2, 0.25) is 0 Å². The molecule has 1 unspecified atom stereocenters. The highest BCUT2D eigenvalue weighted by Gasteiger charge is 2.13. The summed E-state index contributed by atoms with van der Waals surface area (Å²) in [5.74, 6) is 0.895. The molecule has 21 heavy (non-hydrogen) atoms. The summed E-state index contributed by atoms with van der Waals surface area (Å²) in [5.41, 5.74) is 1.17. The van der Waals surface area contributed by atoms with Crippen LogP contribution in [0.4, 0.5) is 0 Å². The molecule has 3 aromatic rings. The van der Waals surface area contributed by atoms with Gasteiger partial charge in [-0.1, -0.05) is 36.4 Å². The van der Waals surface area contributed by atoms with Crippen molar-refractivity contribution < 1.29 is 9.84 Å². The first-order valence-corrected chi connectivity index (χ1v) is 7.93. The number of aryl methyl sites for hydroxylation is 1. The molecule has 2 aromatic carbocycles. The topological polar surface area (TPSA) is 29.5 Å². The number of rotatable bonds is 5. The van der Waals surface area contributed by atoms with Gasteiger partial charge in [-0.25, -0.2) is 0 Å². The number of thiophene rings is 1. The Labute approximate surface area is 128 Å². The predicted molar refractivity (Wildman–Crippen MR) is 88.1 cm³/mol. The van der Waals surface area contributed by atoms with E-state index < -0.39 is 6.10 Å². The quantitative estimate of drug-likeness (QED) is 0.747. The molecule has 1 N–H and O–H groups in total. The monoisotopic (exact) mass is 298 g/mol. The zero-order valence-corrected chi connectivity index (χ0v) is 12.8. The molecule has 0 aliphatic carbocycles. The lowest BCUT2D eigenvalue weighted by molar-refractivity contribution is 0.171. The van der Waals surface area contributed by atoms with Crippen LogP contribution in [0.3, 0.4) is 0 Å². The van der Waals surface area contributed by atoms with Gasteiger partial charge in [0.25, 0.3) is 0 Å². The average molecular weight is 298 g/mol. The van der Waals surface area contributed by atoms with Crippen molar-refractivity contribution in [2.24, 2.45) is 0 Å². The number of aliphatic hydroxyl groups excluding tert-OH is 1. The Balaban J connectivity index is 1.88. The molecule has 2 nitrogen and oxygen atoms in total. The highest BCUT2D eigenvalue weighted by Crippen LogP contribution is 2.31. The van der Waals surface area contributed by atoms with Crippen molar-refractivity contribution in [1.29, 1.82) is 0 Å². The smallest absolute Gasteiger partial charge is 0.122 e. The molecule has 3 rings (SSSR count). The molecule has 0 aliphatic heterocycles. The number of hydrogen-bond acceptors (Lipinski definition) is 3. The van der Waals surface area contributed by atoms with Crippen molar-refractivity contribution in [3.05, 3.63) is 64.4 Å². The van der Waals surface area contributed by atoms with E-state index in [0.717, 1.165) is 17.0 Å². The standard InChI is InChI=1S/C18H18O2S/c1-20-17-11-8-13-5-2-3-6-14(13)15(17)9-10-16(19)18-7-4-12-21-18/h2-8,11-12,16,19H,9-10H2,1H3. The molecule has 0 aliphatic rings. The lowest BCUT2D eigenvalue weighted by Crippen LogP contribution is -2.00. The minimum atomic E-state index is -0.409. The lowest BCUT2D eigenvalue weighted by Gasteiger charge is -2.14. The molecule has 0 radical (unpaired) electrons. The van der Waals surface area contributed by atoms with Crippen LogP contribution in [0.1, 0.15) is 23.0 Å². The first-order chi connectivity index (χ1) is 10.3. The van der Waals surface area contributed by atoms with E-state index in [1.807, 2.05) is 35.7 Å². The van der Waals surface area contributed by atoms with Crippen LogP contribution in [-0.4, -0.2) is 12.2 Å². The highest BCUT2D eigenvalue weighted by atomic mass is 32.1. The Bertz CT molecular complexity index is 719. The lowest BCUT2D eigenvalue weighted by atomic mass is 9.98. The third-order valence-corrected chi connectivity index (χ3v) is 4.73. The van der Waals surface area contributed by atoms with E-state index in [1.54, 1.807) is 18.4 Å². The van der Waals surface area contributed by atoms with Gasteiger partial charge in [-0.3, -0.25) is 0 Å². The maximum Gasteiger partial charge on any atom is 0.122 e. The number of fused-ring (bicyclic) bond motifs is 1. The molecule has 0 saturated carbocycles. The summed E-state index contributed by atoms with van der Waals surface area (Å²) >= 11 is 1.60. The highest BCUT2D eigenvalue weighted by molar-refractivity contribution is 7.10. The van der Waals surface area contributed by atoms with Gasteiger partial charge in [-0.15, -0.1) is 11.3 Å². The molecule has 0 amide bonds. The van der Waals surface area contributed by atoms with Gasteiger partial charge in [0, 0.05) is 10.4 Å². The Kier molecular flexibility index (Phi) is 4.23. The normalized spacial score (nSPS) is 12.5. The fourth-order valence-electron chi connectivity index (χ4n) is 2.67. The van der Waals surface area contributed by atoms with Crippen molar-refractivity contribution in [2.75, 3.05) is 7.11 Å². The number of hydrogen-bond donors (Lipinski definition) is 1. The van der Waals surface area contributed by atoms with E-state index in [9.17, 15) is 5.11 Å². The average Bonchev–Trinajstić information content (AvgIpc) is 3.06. The van der Waals surface area contributed by atoms with E-state index in [-0.39, 0.29) is 0 Å². The molecule has 3 heteroatoms. The summed E-state index contributed by atoms with van der Waals surface area (Å²) in [6.07, 6.45) is 1.09. The van der Waals surface area contributed by atoms with E-state index in [4.69, 9.17) is 4.74 Å². The molecule has 0 bridgehead atoms. The van der Waals surface area contributed by atoms with Gasteiger partial charge in [0.15, 0.2) is 0 Å². The van der Waals surface area contributed by atoms with Gasteiger partial charge in [0.1, 0.15) is 5.75 Å². The van der Waals surface area contributed by atoms with Crippen LogP contribution < -0.4 is 4.74 Å². The summed E-state index contributed by atoms with van der Waals surface area (Å²) in [7, 11) is 1.70. The molecule has 108 valence electrons. The van der Waals surface area contributed by atoms with E-state index in [0.29, 0.717) is 6.42 Å². The maximum atomic E-state index is 10.3. The summed E-state index contributed by atoms with van der Waals surface area (Å²) in [6, 6.07) is 16.3. The minimum Gasteiger partial charge on any atom is -0.496 e. The van der Waals surface area contributed by atoms with Gasteiger partial charge < -0.3 is 9.84 Å². The zero-order chi connectivity index (χ0) is 14.7. The Morgan fingerprint density at radius 1 is 1.10 bits per heavy atom. The van der Waals surface area contributed by atoms with Crippen LogP contribution in [0.15, 0.2) is 53.9 Å². The third kappa shape index (κ3) is 2.94. The predicted octanol–water partition coefficient (Wildman–Crippen LogP) is 4.58. The maximum absolute atomic E-state index is 10.3. The Hall–Kier alpha value is -1.84. The van der Waals surface area contributed by atoms with Gasteiger partial charge in [-0.05, 0) is 41.1 Å². The first-order valence-electron chi connectivity index (χ1n) is 7.05. The number of ether oxygens (including phenoxy) is 1. The second kappa shape index (κ2) is 6.29. The number of aliphatic hydroxyl groups is 1.